The smallest absolute Gasteiger partial charge is 0.324 e. The molecule has 1 unspecified atom stereocenters. The van der Waals surface area contributed by atoms with Crippen molar-refractivity contribution < 1.29 is 14.7 Å². The molecular formula is C10H15N3O3S. The lowest BCUT2D eigenvalue weighted by atomic mass is 10.2. The number of aliphatic carboxylic acids is 1. The third kappa shape index (κ3) is 4.03. The molecular weight excluding hydrogens is 242 g/mol. The van der Waals surface area contributed by atoms with E-state index in [1.54, 1.807) is 11.6 Å². The molecule has 0 aliphatic heterocycles. The fourth-order valence-electron chi connectivity index (χ4n) is 1.24. The van der Waals surface area contributed by atoms with E-state index in [1.807, 2.05) is 13.8 Å². The van der Waals surface area contributed by atoms with E-state index in [0.717, 1.165) is 0 Å². The second-order valence-electron chi connectivity index (χ2n) is 3.55. The first-order chi connectivity index (χ1) is 8.04. The summed E-state index contributed by atoms with van der Waals surface area (Å²) in [5, 5.41) is 13.5. The van der Waals surface area contributed by atoms with E-state index in [1.165, 1.54) is 16.2 Å². The third-order valence-corrected chi connectivity index (χ3v) is 3.02. The zero-order valence-corrected chi connectivity index (χ0v) is 10.5. The molecule has 1 aromatic heterocycles. The summed E-state index contributed by atoms with van der Waals surface area (Å²) in [5.41, 5.74) is 0. The van der Waals surface area contributed by atoms with E-state index in [0.29, 0.717) is 11.6 Å². The molecule has 2 amide bonds. The highest BCUT2D eigenvalue weighted by Gasteiger charge is 2.21. The van der Waals surface area contributed by atoms with E-state index < -0.39 is 12.0 Å². The number of nitrogens with one attached hydrogen (secondary N) is 1. The molecule has 2 N–H and O–H groups in total. The number of hydrogen-bond acceptors (Lipinski definition) is 4. The average molecular weight is 257 g/mol. The molecule has 0 aromatic carbocycles. The number of amides is 2. The monoisotopic (exact) mass is 257 g/mol. The number of rotatable bonds is 5. The van der Waals surface area contributed by atoms with Crippen molar-refractivity contribution >= 4 is 28.5 Å². The summed E-state index contributed by atoms with van der Waals surface area (Å²) in [4.78, 5) is 27.8. The Balaban J connectivity index is 2.68. The van der Waals surface area contributed by atoms with Gasteiger partial charge in [-0.3, -0.25) is 10.1 Å². The first kappa shape index (κ1) is 13.4. The molecule has 0 aliphatic carbocycles. The molecule has 0 radical (unpaired) electrons. The SMILES string of the molecule is CCC(C)N(CC(=O)O)C(=O)Nc1nccs1. The second-order valence-corrected chi connectivity index (χ2v) is 4.44. The van der Waals surface area contributed by atoms with Crippen LogP contribution in [0.2, 0.25) is 0 Å². The maximum Gasteiger partial charge on any atom is 0.324 e. The van der Waals surface area contributed by atoms with Crippen molar-refractivity contribution in [2.45, 2.75) is 26.3 Å². The van der Waals surface area contributed by atoms with Gasteiger partial charge in [-0.1, -0.05) is 6.92 Å². The van der Waals surface area contributed by atoms with Crippen LogP contribution in [0.25, 0.3) is 0 Å². The van der Waals surface area contributed by atoms with Crippen molar-refractivity contribution in [1.29, 1.82) is 0 Å². The number of carbonyl (C=O) groups is 2. The number of anilines is 1. The van der Waals surface area contributed by atoms with Gasteiger partial charge in [0, 0.05) is 17.6 Å². The van der Waals surface area contributed by atoms with Crippen molar-refractivity contribution in [2.75, 3.05) is 11.9 Å². The van der Waals surface area contributed by atoms with Gasteiger partial charge in [-0.2, -0.15) is 0 Å². The number of urea groups is 1. The van der Waals surface area contributed by atoms with Crippen molar-refractivity contribution in [2.24, 2.45) is 0 Å². The Morgan fingerprint density at radius 3 is 2.82 bits per heavy atom. The minimum Gasteiger partial charge on any atom is -0.480 e. The van der Waals surface area contributed by atoms with Crippen LogP contribution in [0.5, 0.6) is 0 Å². The molecule has 0 saturated heterocycles. The summed E-state index contributed by atoms with van der Waals surface area (Å²) in [6.07, 6.45) is 2.27. The fraction of sp³-hybridized carbons (Fsp3) is 0.500. The van der Waals surface area contributed by atoms with Crippen LogP contribution in [-0.2, 0) is 4.79 Å². The van der Waals surface area contributed by atoms with Crippen LogP contribution >= 0.6 is 11.3 Å². The second kappa shape index (κ2) is 6.19. The Labute approximate surface area is 103 Å². The van der Waals surface area contributed by atoms with Crippen LogP contribution in [0.3, 0.4) is 0 Å². The number of carboxylic acids is 1. The Hall–Kier alpha value is -1.63. The van der Waals surface area contributed by atoms with Gasteiger partial charge in [-0.25, -0.2) is 9.78 Å². The predicted octanol–water partition coefficient (Wildman–Crippen LogP) is 1.86. The fourth-order valence-corrected chi connectivity index (χ4v) is 1.76. The molecule has 1 atom stereocenters. The summed E-state index contributed by atoms with van der Waals surface area (Å²) < 4.78 is 0. The average Bonchev–Trinajstić information content (AvgIpc) is 2.77. The lowest BCUT2D eigenvalue weighted by Crippen LogP contribution is -2.44. The molecule has 0 fully saturated rings. The quantitative estimate of drug-likeness (QED) is 0.843. The molecule has 1 aromatic rings. The highest BCUT2D eigenvalue weighted by Crippen LogP contribution is 2.13. The molecule has 1 heterocycles. The van der Waals surface area contributed by atoms with Crippen LogP contribution < -0.4 is 5.32 Å². The summed E-state index contributed by atoms with van der Waals surface area (Å²) in [5.74, 6) is -1.03. The van der Waals surface area contributed by atoms with Crippen molar-refractivity contribution in [3.63, 3.8) is 0 Å². The first-order valence-corrected chi connectivity index (χ1v) is 6.11. The largest absolute Gasteiger partial charge is 0.480 e. The van der Waals surface area contributed by atoms with Crippen LogP contribution in [0, 0.1) is 0 Å². The molecule has 7 heteroatoms. The lowest BCUT2D eigenvalue weighted by Gasteiger charge is -2.26. The Morgan fingerprint density at radius 1 is 1.65 bits per heavy atom. The number of thiazole rings is 1. The zero-order chi connectivity index (χ0) is 12.8. The summed E-state index contributed by atoms with van der Waals surface area (Å²) in [7, 11) is 0. The van der Waals surface area contributed by atoms with Gasteiger partial charge in [0.2, 0.25) is 0 Å². The van der Waals surface area contributed by atoms with Gasteiger partial charge in [0.25, 0.3) is 0 Å². The maximum atomic E-state index is 11.9. The van der Waals surface area contributed by atoms with Gasteiger partial charge in [0.15, 0.2) is 5.13 Å². The van der Waals surface area contributed by atoms with E-state index in [9.17, 15) is 9.59 Å². The van der Waals surface area contributed by atoms with E-state index in [-0.39, 0.29) is 12.6 Å². The summed E-state index contributed by atoms with van der Waals surface area (Å²) >= 11 is 1.29. The zero-order valence-electron chi connectivity index (χ0n) is 9.71. The molecule has 0 aliphatic rings. The highest BCUT2D eigenvalue weighted by molar-refractivity contribution is 7.13. The number of nitrogens with zero attached hydrogens (tertiary/aromatic N) is 2. The number of carboxylic acid groups (broad SMARTS) is 1. The van der Waals surface area contributed by atoms with Crippen molar-refractivity contribution in [3.05, 3.63) is 11.6 Å². The molecule has 94 valence electrons. The Morgan fingerprint density at radius 2 is 2.35 bits per heavy atom. The minimum atomic E-state index is -1.03. The van der Waals surface area contributed by atoms with Crippen LogP contribution in [0.1, 0.15) is 20.3 Å². The maximum absolute atomic E-state index is 11.9. The van der Waals surface area contributed by atoms with Gasteiger partial charge in [-0.15, -0.1) is 11.3 Å². The van der Waals surface area contributed by atoms with Crippen LogP contribution in [0.4, 0.5) is 9.93 Å². The molecule has 0 spiro atoms. The predicted molar refractivity (Wildman–Crippen MR) is 65.2 cm³/mol. The summed E-state index contributed by atoms with van der Waals surface area (Å²) in [6, 6.07) is -0.567. The molecule has 0 saturated carbocycles. The van der Waals surface area contributed by atoms with Gasteiger partial charge < -0.3 is 10.0 Å². The highest BCUT2D eigenvalue weighted by atomic mass is 32.1. The minimum absolute atomic E-state index is 0.133. The molecule has 0 bridgehead atoms. The lowest BCUT2D eigenvalue weighted by molar-refractivity contribution is -0.138. The topological polar surface area (TPSA) is 82.5 Å². The van der Waals surface area contributed by atoms with Crippen molar-refractivity contribution in [3.8, 4) is 0 Å². The first-order valence-electron chi connectivity index (χ1n) is 5.23. The molecule has 1 rings (SSSR count). The number of carbonyl (C=O) groups excluding carboxylic acids is 1. The molecule has 17 heavy (non-hydrogen) atoms. The summed E-state index contributed by atoms with van der Waals surface area (Å²) in [6.45, 7) is 3.40. The number of aromatic nitrogens is 1. The van der Waals surface area contributed by atoms with Crippen molar-refractivity contribution in [1.82, 2.24) is 9.88 Å². The van der Waals surface area contributed by atoms with Crippen LogP contribution in [-0.4, -0.2) is 39.6 Å². The van der Waals surface area contributed by atoms with Gasteiger partial charge in [0.1, 0.15) is 6.54 Å². The van der Waals surface area contributed by atoms with Gasteiger partial charge in [-0.05, 0) is 13.3 Å². The Kier molecular flexibility index (Phi) is 4.89. The van der Waals surface area contributed by atoms with E-state index in [2.05, 4.69) is 10.3 Å². The standard InChI is InChI=1S/C10H15N3O3S/c1-3-7(2)13(6-8(14)15)10(16)12-9-11-4-5-17-9/h4-5,7H,3,6H2,1-2H3,(H,14,15)(H,11,12,16). The van der Waals surface area contributed by atoms with E-state index in [4.69, 9.17) is 5.11 Å². The Bertz CT molecular complexity index is 380. The number of hydrogen-bond donors (Lipinski definition) is 2. The van der Waals surface area contributed by atoms with Crippen LogP contribution in [0.15, 0.2) is 11.6 Å². The van der Waals surface area contributed by atoms with Gasteiger partial charge in [0.05, 0.1) is 0 Å². The molecule has 6 nitrogen and oxygen atoms in total. The van der Waals surface area contributed by atoms with E-state index >= 15 is 0 Å². The normalized spacial score (nSPS) is 11.9. The third-order valence-electron chi connectivity index (χ3n) is 2.34. The van der Waals surface area contributed by atoms with Gasteiger partial charge >= 0.3 is 12.0 Å².